The fraction of sp³-hybridized carbons (Fsp3) is 0.417. The van der Waals surface area contributed by atoms with Crippen molar-refractivity contribution >= 4 is 11.8 Å². The van der Waals surface area contributed by atoms with Gasteiger partial charge in [-0.25, -0.2) is 4.98 Å². The minimum absolute atomic E-state index is 0.170. The molecule has 2 amide bonds. The molecule has 5 nitrogen and oxygen atoms in total. The Morgan fingerprint density at radius 3 is 3.00 bits per heavy atom. The number of carbonyl (C=O) groups is 2. The van der Waals surface area contributed by atoms with E-state index in [0.717, 1.165) is 25.1 Å². The third-order valence-electron chi connectivity index (χ3n) is 2.83. The monoisotopic (exact) mass is 251 g/mol. The van der Waals surface area contributed by atoms with Gasteiger partial charge in [-0.05, 0) is 31.4 Å². The summed E-state index contributed by atoms with van der Waals surface area (Å²) in [6.45, 7) is 0.642. The number of pyridine rings is 1. The molecule has 2 rings (SSSR count). The number of nitrogens with one attached hydrogen (secondary N) is 2. The first-order valence-electron chi connectivity index (χ1n) is 5.87. The number of aromatic nitrogens is 1. The molecule has 1 saturated heterocycles. The van der Waals surface area contributed by atoms with Crippen molar-refractivity contribution in [3.63, 3.8) is 0 Å². The Hall–Kier alpha value is -1.98. The van der Waals surface area contributed by atoms with Crippen molar-refractivity contribution in [3.05, 3.63) is 29.8 Å². The quantitative estimate of drug-likeness (QED) is 0.757. The average Bonchev–Trinajstić information content (AvgIpc) is 2.56. The molecule has 18 heavy (non-hydrogen) atoms. The molecule has 2 N–H and O–H groups in total. The van der Waals surface area contributed by atoms with E-state index < -0.39 is 17.9 Å². The largest absolute Gasteiger partial charge is 0.354 e. The summed E-state index contributed by atoms with van der Waals surface area (Å²) in [6, 6.07) is 1.93. The summed E-state index contributed by atoms with van der Waals surface area (Å²) in [5, 5.41) is 5.36. The minimum Gasteiger partial charge on any atom is -0.354 e. The van der Waals surface area contributed by atoms with Crippen LogP contribution in [0.25, 0.3) is 0 Å². The molecule has 0 saturated carbocycles. The molecule has 1 fully saturated rings. The van der Waals surface area contributed by atoms with E-state index in [-0.39, 0.29) is 11.5 Å². The van der Waals surface area contributed by atoms with Crippen molar-refractivity contribution < 1.29 is 14.0 Å². The van der Waals surface area contributed by atoms with E-state index in [1.54, 1.807) is 0 Å². The molecule has 0 radical (unpaired) electrons. The number of hydrogen-bond donors (Lipinski definition) is 2. The van der Waals surface area contributed by atoms with Crippen molar-refractivity contribution in [1.82, 2.24) is 15.6 Å². The maximum absolute atomic E-state index is 12.6. The van der Waals surface area contributed by atoms with Gasteiger partial charge in [-0.1, -0.05) is 0 Å². The summed E-state index contributed by atoms with van der Waals surface area (Å²) in [6.07, 6.45) is 3.56. The standard InChI is InChI=1S/C12H14FN3O2/c13-10-5-4-8(7-15-10)11(17)16-9-3-1-2-6-14-12(9)18/h4-5,7,9H,1-3,6H2,(H,14,18)(H,16,17). The minimum atomic E-state index is -0.640. The molecular formula is C12H14FN3O2. The van der Waals surface area contributed by atoms with E-state index in [4.69, 9.17) is 0 Å². The van der Waals surface area contributed by atoms with Gasteiger partial charge in [-0.2, -0.15) is 4.39 Å². The number of hydrogen-bond acceptors (Lipinski definition) is 3. The zero-order valence-electron chi connectivity index (χ0n) is 9.78. The average molecular weight is 251 g/mol. The Labute approximate surface area is 104 Å². The first kappa shape index (κ1) is 12.5. The molecule has 0 spiro atoms. The van der Waals surface area contributed by atoms with Gasteiger partial charge in [0.05, 0.1) is 5.56 Å². The molecule has 0 aliphatic carbocycles. The third-order valence-corrected chi connectivity index (χ3v) is 2.83. The van der Waals surface area contributed by atoms with Crippen LogP contribution in [-0.4, -0.2) is 29.4 Å². The molecule has 2 heterocycles. The summed E-state index contributed by atoms with van der Waals surface area (Å²) < 4.78 is 12.6. The van der Waals surface area contributed by atoms with Crippen molar-refractivity contribution in [2.24, 2.45) is 0 Å². The van der Waals surface area contributed by atoms with Crippen molar-refractivity contribution in [2.45, 2.75) is 25.3 Å². The van der Waals surface area contributed by atoms with Gasteiger partial charge < -0.3 is 10.6 Å². The molecule has 6 heteroatoms. The summed E-state index contributed by atoms with van der Waals surface area (Å²) in [5.41, 5.74) is 0.244. The van der Waals surface area contributed by atoms with Crippen LogP contribution in [-0.2, 0) is 4.79 Å². The van der Waals surface area contributed by atoms with Crippen LogP contribution in [0.4, 0.5) is 4.39 Å². The van der Waals surface area contributed by atoms with Gasteiger partial charge >= 0.3 is 0 Å². The molecule has 1 aliphatic heterocycles. The molecule has 1 aromatic rings. The molecule has 1 unspecified atom stereocenters. The second-order valence-corrected chi connectivity index (χ2v) is 4.18. The lowest BCUT2D eigenvalue weighted by atomic mass is 10.1. The number of halogens is 1. The lowest BCUT2D eigenvalue weighted by Gasteiger charge is -2.14. The van der Waals surface area contributed by atoms with Crippen molar-refractivity contribution in [1.29, 1.82) is 0 Å². The molecule has 1 aliphatic rings. The van der Waals surface area contributed by atoms with E-state index in [2.05, 4.69) is 15.6 Å². The summed E-state index contributed by atoms with van der Waals surface area (Å²) >= 11 is 0. The van der Waals surface area contributed by atoms with Crippen LogP contribution in [0.3, 0.4) is 0 Å². The molecule has 96 valence electrons. The fourth-order valence-corrected chi connectivity index (χ4v) is 1.83. The molecule has 1 aromatic heterocycles. The number of carbonyl (C=O) groups excluding carboxylic acids is 2. The van der Waals surface area contributed by atoms with E-state index >= 15 is 0 Å². The molecule has 0 bridgehead atoms. The lowest BCUT2D eigenvalue weighted by Crippen LogP contribution is -2.45. The lowest BCUT2D eigenvalue weighted by molar-refractivity contribution is -0.122. The van der Waals surface area contributed by atoms with Crippen LogP contribution in [0, 0.1) is 5.95 Å². The Kier molecular flexibility index (Phi) is 3.86. The van der Waals surface area contributed by atoms with E-state index in [9.17, 15) is 14.0 Å². The smallest absolute Gasteiger partial charge is 0.253 e. The Morgan fingerprint density at radius 2 is 2.28 bits per heavy atom. The van der Waals surface area contributed by atoms with E-state index in [1.807, 2.05) is 0 Å². The van der Waals surface area contributed by atoms with Crippen LogP contribution >= 0.6 is 0 Å². The van der Waals surface area contributed by atoms with Gasteiger partial charge in [0, 0.05) is 12.7 Å². The maximum atomic E-state index is 12.6. The Bertz CT molecular complexity index is 447. The first-order chi connectivity index (χ1) is 8.66. The van der Waals surface area contributed by atoms with E-state index in [0.29, 0.717) is 13.0 Å². The summed E-state index contributed by atoms with van der Waals surface area (Å²) in [7, 11) is 0. The van der Waals surface area contributed by atoms with Crippen LogP contribution in [0.1, 0.15) is 29.6 Å². The summed E-state index contributed by atoms with van der Waals surface area (Å²) in [5.74, 6) is -1.22. The van der Waals surface area contributed by atoms with E-state index in [1.165, 1.54) is 6.07 Å². The highest BCUT2D eigenvalue weighted by Crippen LogP contribution is 2.07. The van der Waals surface area contributed by atoms with Gasteiger partial charge in [-0.3, -0.25) is 9.59 Å². The SMILES string of the molecule is O=C(NC1CCCCNC1=O)c1ccc(F)nc1. The van der Waals surface area contributed by atoms with Crippen molar-refractivity contribution in [2.75, 3.05) is 6.54 Å². The fourth-order valence-electron chi connectivity index (χ4n) is 1.83. The van der Waals surface area contributed by atoms with Gasteiger partial charge in [0.15, 0.2) is 0 Å². The number of rotatable bonds is 2. The van der Waals surface area contributed by atoms with Crippen molar-refractivity contribution in [3.8, 4) is 0 Å². The van der Waals surface area contributed by atoms with Crippen LogP contribution in [0.5, 0.6) is 0 Å². The Morgan fingerprint density at radius 1 is 1.44 bits per heavy atom. The van der Waals surface area contributed by atoms with Gasteiger partial charge in [0.25, 0.3) is 5.91 Å². The Balaban J connectivity index is 2.01. The van der Waals surface area contributed by atoms with Gasteiger partial charge in [0.2, 0.25) is 11.9 Å². The highest BCUT2D eigenvalue weighted by molar-refractivity contribution is 5.97. The molecular weight excluding hydrogens is 237 g/mol. The highest BCUT2D eigenvalue weighted by atomic mass is 19.1. The maximum Gasteiger partial charge on any atom is 0.253 e. The number of amides is 2. The predicted molar refractivity (Wildman–Crippen MR) is 62.3 cm³/mol. The zero-order chi connectivity index (χ0) is 13.0. The topological polar surface area (TPSA) is 71.1 Å². The van der Waals surface area contributed by atoms with Crippen LogP contribution < -0.4 is 10.6 Å². The molecule has 1 atom stereocenters. The highest BCUT2D eigenvalue weighted by Gasteiger charge is 2.22. The second kappa shape index (κ2) is 5.57. The number of nitrogens with zero attached hydrogens (tertiary/aromatic N) is 1. The second-order valence-electron chi connectivity index (χ2n) is 4.18. The molecule has 0 aromatic carbocycles. The predicted octanol–water partition coefficient (Wildman–Crippen LogP) is 0.619. The van der Waals surface area contributed by atoms with Gasteiger partial charge in [0.1, 0.15) is 6.04 Å². The third kappa shape index (κ3) is 3.03. The van der Waals surface area contributed by atoms with Crippen LogP contribution in [0.15, 0.2) is 18.3 Å². The first-order valence-corrected chi connectivity index (χ1v) is 5.87. The van der Waals surface area contributed by atoms with Gasteiger partial charge in [-0.15, -0.1) is 0 Å². The normalized spacial score (nSPS) is 19.8. The van der Waals surface area contributed by atoms with Crippen LogP contribution in [0.2, 0.25) is 0 Å². The zero-order valence-corrected chi connectivity index (χ0v) is 9.78. The summed E-state index contributed by atoms with van der Waals surface area (Å²) in [4.78, 5) is 26.9.